The Morgan fingerprint density at radius 1 is 1.26 bits per heavy atom. The van der Waals surface area contributed by atoms with Gasteiger partial charge in [-0.3, -0.25) is 14.4 Å². The number of nitrogens with zero attached hydrogens (tertiary/aromatic N) is 2. The number of amides is 2. The molecular weight excluding hydrogens is 296 g/mol. The molecule has 0 bridgehead atoms. The SMILES string of the molecule is CCCCN(C)C(=O)C(=O)NCc1n[nH]c(=O)c2ccccc12. The van der Waals surface area contributed by atoms with Gasteiger partial charge < -0.3 is 10.2 Å². The fourth-order valence-electron chi connectivity index (χ4n) is 2.22. The van der Waals surface area contributed by atoms with E-state index in [2.05, 4.69) is 15.5 Å². The number of carbonyl (C=O) groups is 2. The van der Waals surface area contributed by atoms with Crippen LogP contribution in [0.25, 0.3) is 10.8 Å². The second kappa shape index (κ2) is 7.53. The quantitative estimate of drug-likeness (QED) is 0.798. The molecule has 0 spiro atoms. The van der Waals surface area contributed by atoms with Crippen molar-refractivity contribution in [2.75, 3.05) is 13.6 Å². The van der Waals surface area contributed by atoms with Crippen molar-refractivity contribution in [1.29, 1.82) is 0 Å². The summed E-state index contributed by atoms with van der Waals surface area (Å²) < 4.78 is 0. The van der Waals surface area contributed by atoms with Gasteiger partial charge in [0.1, 0.15) is 0 Å². The number of aromatic amines is 1. The van der Waals surface area contributed by atoms with Crippen LogP contribution in [-0.4, -0.2) is 40.5 Å². The molecule has 1 aromatic carbocycles. The van der Waals surface area contributed by atoms with Gasteiger partial charge in [0.15, 0.2) is 0 Å². The van der Waals surface area contributed by atoms with Crippen LogP contribution >= 0.6 is 0 Å². The van der Waals surface area contributed by atoms with Crippen LogP contribution in [0.2, 0.25) is 0 Å². The summed E-state index contributed by atoms with van der Waals surface area (Å²) in [4.78, 5) is 36.9. The van der Waals surface area contributed by atoms with Crippen LogP contribution in [-0.2, 0) is 16.1 Å². The van der Waals surface area contributed by atoms with Crippen molar-refractivity contribution in [3.8, 4) is 0 Å². The van der Waals surface area contributed by atoms with E-state index in [1.165, 1.54) is 4.90 Å². The predicted molar refractivity (Wildman–Crippen MR) is 86.8 cm³/mol. The Kier molecular flexibility index (Phi) is 5.46. The average Bonchev–Trinajstić information content (AvgIpc) is 2.58. The number of benzene rings is 1. The zero-order valence-electron chi connectivity index (χ0n) is 13.3. The molecule has 2 aromatic rings. The van der Waals surface area contributed by atoms with Gasteiger partial charge in [-0.1, -0.05) is 31.5 Å². The van der Waals surface area contributed by atoms with Crippen molar-refractivity contribution < 1.29 is 9.59 Å². The maximum atomic E-state index is 11.9. The molecule has 0 aliphatic carbocycles. The van der Waals surface area contributed by atoms with Crippen LogP contribution in [0, 0.1) is 0 Å². The number of likely N-dealkylation sites (N-methyl/N-ethyl adjacent to an activating group) is 1. The van der Waals surface area contributed by atoms with Gasteiger partial charge in [0.2, 0.25) is 0 Å². The van der Waals surface area contributed by atoms with Crippen LogP contribution in [0.4, 0.5) is 0 Å². The molecule has 0 atom stereocenters. The van der Waals surface area contributed by atoms with E-state index in [0.29, 0.717) is 23.0 Å². The Labute approximate surface area is 133 Å². The minimum Gasteiger partial charge on any atom is -0.342 e. The van der Waals surface area contributed by atoms with E-state index in [1.54, 1.807) is 31.3 Å². The largest absolute Gasteiger partial charge is 0.342 e. The molecule has 122 valence electrons. The summed E-state index contributed by atoms with van der Waals surface area (Å²) in [7, 11) is 1.60. The molecule has 1 heterocycles. The Balaban J connectivity index is 2.07. The van der Waals surface area contributed by atoms with Gasteiger partial charge in [0, 0.05) is 19.0 Å². The number of rotatable bonds is 5. The number of fused-ring (bicyclic) bond motifs is 1. The van der Waals surface area contributed by atoms with Crippen molar-refractivity contribution in [3.05, 3.63) is 40.3 Å². The molecule has 0 saturated heterocycles. The van der Waals surface area contributed by atoms with Crippen LogP contribution in [0.15, 0.2) is 29.1 Å². The molecule has 2 amide bonds. The third-order valence-corrected chi connectivity index (χ3v) is 3.58. The van der Waals surface area contributed by atoms with Gasteiger partial charge >= 0.3 is 11.8 Å². The van der Waals surface area contributed by atoms with Gasteiger partial charge in [0.05, 0.1) is 17.6 Å². The summed E-state index contributed by atoms with van der Waals surface area (Å²) >= 11 is 0. The van der Waals surface area contributed by atoms with E-state index < -0.39 is 11.8 Å². The topological polar surface area (TPSA) is 95.2 Å². The first-order valence-corrected chi connectivity index (χ1v) is 7.54. The third kappa shape index (κ3) is 3.94. The molecule has 0 aliphatic heterocycles. The minimum absolute atomic E-state index is 0.0729. The number of hydrogen-bond donors (Lipinski definition) is 2. The number of aromatic nitrogens is 2. The summed E-state index contributed by atoms with van der Waals surface area (Å²) in [5.74, 6) is -1.26. The first-order valence-electron chi connectivity index (χ1n) is 7.54. The maximum Gasteiger partial charge on any atom is 0.311 e. The number of unbranched alkanes of at least 4 members (excludes halogenated alkanes) is 1. The lowest BCUT2D eigenvalue weighted by molar-refractivity contribution is -0.145. The molecule has 7 heteroatoms. The summed E-state index contributed by atoms with van der Waals surface area (Å²) in [6.07, 6.45) is 1.80. The highest BCUT2D eigenvalue weighted by molar-refractivity contribution is 6.34. The third-order valence-electron chi connectivity index (χ3n) is 3.58. The highest BCUT2D eigenvalue weighted by Crippen LogP contribution is 2.11. The number of H-pyrrole nitrogens is 1. The fourth-order valence-corrected chi connectivity index (χ4v) is 2.22. The van der Waals surface area contributed by atoms with Crippen molar-refractivity contribution in [2.45, 2.75) is 26.3 Å². The fraction of sp³-hybridized carbons (Fsp3) is 0.375. The normalized spacial score (nSPS) is 10.5. The lowest BCUT2D eigenvalue weighted by atomic mass is 10.1. The Bertz CT molecular complexity index is 769. The van der Waals surface area contributed by atoms with E-state index in [9.17, 15) is 14.4 Å². The maximum absolute atomic E-state index is 11.9. The number of carbonyl (C=O) groups excluding carboxylic acids is 2. The van der Waals surface area contributed by atoms with E-state index >= 15 is 0 Å². The molecule has 0 radical (unpaired) electrons. The summed E-state index contributed by atoms with van der Waals surface area (Å²) in [5.41, 5.74) is 0.226. The molecule has 0 saturated carbocycles. The lowest BCUT2D eigenvalue weighted by Crippen LogP contribution is -2.41. The zero-order chi connectivity index (χ0) is 16.8. The molecule has 1 aromatic heterocycles. The number of hydrogen-bond acceptors (Lipinski definition) is 4. The number of nitrogens with one attached hydrogen (secondary N) is 2. The van der Waals surface area contributed by atoms with Gasteiger partial charge in [-0.25, -0.2) is 5.10 Å². The van der Waals surface area contributed by atoms with Crippen molar-refractivity contribution in [1.82, 2.24) is 20.4 Å². The van der Waals surface area contributed by atoms with Crippen LogP contribution in [0.5, 0.6) is 0 Å². The Hall–Kier alpha value is -2.70. The van der Waals surface area contributed by atoms with E-state index in [4.69, 9.17) is 0 Å². The molecule has 23 heavy (non-hydrogen) atoms. The molecule has 2 N–H and O–H groups in total. The van der Waals surface area contributed by atoms with Gasteiger partial charge in [-0.15, -0.1) is 0 Å². The molecule has 0 aliphatic rings. The van der Waals surface area contributed by atoms with Crippen molar-refractivity contribution in [2.24, 2.45) is 0 Å². The van der Waals surface area contributed by atoms with Crippen molar-refractivity contribution >= 4 is 22.6 Å². The predicted octanol–water partition coefficient (Wildman–Crippen LogP) is 0.798. The molecule has 2 rings (SSSR count). The average molecular weight is 316 g/mol. The van der Waals surface area contributed by atoms with Gasteiger partial charge in [-0.2, -0.15) is 5.10 Å². The second-order valence-corrected chi connectivity index (χ2v) is 5.31. The van der Waals surface area contributed by atoms with Crippen molar-refractivity contribution in [3.63, 3.8) is 0 Å². The molecule has 0 unspecified atom stereocenters. The standard InChI is InChI=1S/C16H20N4O3/c1-3-4-9-20(2)16(23)15(22)17-10-13-11-7-5-6-8-12(11)14(21)19-18-13/h5-8H,3-4,9-10H2,1-2H3,(H,17,22)(H,19,21). The molecular formula is C16H20N4O3. The Morgan fingerprint density at radius 2 is 1.96 bits per heavy atom. The summed E-state index contributed by atoms with van der Waals surface area (Å²) in [6.45, 7) is 2.64. The van der Waals surface area contributed by atoms with E-state index in [1.807, 2.05) is 6.92 Å². The first kappa shape index (κ1) is 16.7. The monoisotopic (exact) mass is 316 g/mol. The molecule has 7 nitrogen and oxygen atoms in total. The van der Waals surface area contributed by atoms with E-state index in [0.717, 1.165) is 12.8 Å². The summed E-state index contributed by atoms with van der Waals surface area (Å²) in [5, 5.41) is 10.1. The van der Waals surface area contributed by atoms with Crippen LogP contribution in [0.3, 0.4) is 0 Å². The van der Waals surface area contributed by atoms with Crippen LogP contribution < -0.4 is 10.9 Å². The smallest absolute Gasteiger partial charge is 0.311 e. The van der Waals surface area contributed by atoms with Gasteiger partial charge in [0.25, 0.3) is 5.56 Å². The highest BCUT2D eigenvalue weighted by Gasteiger charge is 2.18. The van der Waals surface area contributed by atoms with Gasteiger partial charge in [-0.05, 0) is 12.5 Å². The molecule has 0 fully saturated rings. The van der Waals surface area contributed by atoms with Crippen LogP contribution in [0.1, 0.15) is 25.5 Å². The van der Waals surface area contributed by atoms with E-state index in [-0.39, 0.29) is 12.1 Å². The zero-order valence-corrected chi connectivity index (χ0v) is 13.3. The lowest BCUT2D eigenvalue weighted by Gasteiger charge is -2.16. The first-order chi connectivity index (χ1) is 11.0. The minimum atomic E-state index is -0.680. The summed E-state index contributed by atoms with van der Waals surface area (Å²) in [6, 6.07) is 6.99. The second-order valence-electron chi connectivity index (χ2n) is 5.31. The Morgan fingerprint density at radius 3 is 2.65 bits per heavy atom. The highest BCUT2D eigenvalue weighted by atomic mass is 16.2.